The first kappa shape index (κ1) is 14.6. The molecule has 0 aromatic heterocycles. The standard InChI is InChI=1S/C17H17NO.ClH/c1-11-14(12-5-3-2-4-6-12)9-10-15(17(18)19)16(11)13-7-8-13;/h2-6,9-10,13H,7-8H2,1H3,(H2,18,19);1H. The number of hydrogen-bond acceptors (Lipinski definition) is 1. The van der Waals surface area contributed by atoms with E-state index < -0.39 is 0 Å². The highest BCUT2D eigenvalue weighted by Gasteiger charge is 2.30. The first-order valence-electron chi connectivity index (χ1n) is 6.67. The van der Waals surface area contributed by atoms with E-state index >= 15 is 0 Å². The van der Waals surface area contributed by atoms with Crippen LogP contribution in [0.15, 0.2) is 42.5 Å². The number of carbonyl (C=O) groups excluding carboxylic acids is 1. The molecule has 0 spiro atoms. The fraction of sp³-hybridized carbons (Fsp3) is 0.235. The Morgan fingerprint density at radius 2 is 1.75 bits per heavy atom. The van der Waals surface area contributed by atoms with E-state index in [0.29, 0.717) is 11.5 Å². The molecule has 20 heavy (non-hydrogen) atoms. The molecule has 0 unspecified atom stereocenters. The summed E-state index contributed by atoms with van der Waals surface area (Å²) in [6.45, 7) is 2.10. The molecule has 1 aliphatic rings. The highest BCUT2D eigenvalue weighted by Crippen LogP contribution is 2.45. The molecule has 3 heteroatoms. The van der Waals surface area contributed by atoms with Crippen LogP contribution in [0.3, 0.4) is 0 Å². The van der Waals surface area contributed by atoms with Gasteiger partial charge in [-0.3, -0.25) is 4.79 Å². The Kier molecular flexibility index (Phi) is 4.15. The number of nitrogens with two attached hydrogens (primary N) is 1. The Labute approximate surface area is 125 Å². The summed E-state index contributed by atoms with van der Waals surface area (Å²) in [4.78, 5) is 11.6. The summed E-state index contributed by atoms with van der Waals surface area (Å²) in [5.41, 5.74) is 10.9. The Morgan fingerprint density at radius 3 is 2.30 bits per heavy atom. The number of halogens is 1. The molecule has 2 aromatic carbocycles. The Morgan fingerprint density at radius 1 is 1.10 bits per heavy atom. The molecule has 0 heterocycles. The average molecular weight is 288 g/mol. The third-order valence-corrected chi connectivity index (χ3v) is 3.85. The van der Waals surface area contributed by atoms with Gasteiger partial charge in [0, 0.05) is 5.56 Å². The van der Waals surface area contributed by atoms with Crippen molar-refractivity contribution in [3.05, 3.63) is 59.2 Å². The van der Waals surface area contributed by atoms with Gasteiger partial charge in [-0.15, -0.1) is 12.4 Å². The van der Waals surface area contributed by atoms with Crippen molar-refractivity contribution in [1.29, 1.82) is 0 Å². The average Bonchev–Trinajstić information content (AvgIpc) is 3.23. The van der Waals surface area contributed by atoms with Gasteiger partial charge < -0.3 is 5.73 Å². The van der Waals surface area contributed by atoms with Gasteiger partial charge in [0.25, 0.3) is 0 Å². The van der Waals surface area contributed by atoms with Gasteiger partial charge in [-0.2, -0.15) is 0 Å². The third kappa shape index (κ3) is 2.56. The minimum atomic E-state index is -0.315. The molecular formula is C17H18ClNO. The van der Waals surface area contributed by atoms with Crippen LogP contribution in [0.5, 0.6) is 0 Å². The maximum absolute atomic E-state index is 11.6. The van der Waals surface area contributed by atoms with Crippen LogP contribution in [0.4, 0.5) is 0 Å². The third-order valence-electron chi connectivity index (χ3n) is 3.85. The zero-order chi connectivity index (χ0) is 13.4. The number of hydrogen-bond donors (Lipinski definition) is 1. The zero-order valence-corrected chi connectivity index (χ0v) is 12.2. The minimum Gasteiger partial charge on any atom is -0.366 e. The molecule has 1 amide bonds. The van der Waals surface area contributed by atoms with E-state index in [9.17, 15) is 4.79 Å². The quantitative estimate of drug-likeness (QED) is 0.909. The molecule has 1 aliphatic carbocycles. The molecule has 0 bridgehead atoms. The number of amides is 1. The molecule has 1 saturated carbocycles. The van der Waals surface area contributed by atoms with Gasteiger partial charge in [-0.1, -0.05) is 36.4 Å². The van der Waals surface area contributed by atoms with E-state index in [2.05, 4.69) is 19.1 Å². The molecule has 2 N–H and O–H groups in total. The van der Waals surface area contributed by atoms with Gasteiger partial charge in [-0.05, 0) is 54.0 Å². The Hall–Kier alpha value is -1.80. The van der Waals surface area contributed by atoms with E-state index in [-0.39, 0.29) is 18.3 Å². The van der Waals surface area contributed by atoms with Crippen LogP contribution in [0.2, 0.25) is 0 Å². The number of rotatable bonds is 3. The summed E-state index contributed by atoms with van der Waals surface area (Å²) in [7, 11) is 0. The van der Waals surface area contributed by atoms with E-state index in [1.54, 1.807) is 0 Å². The van der Waals surface area contributed by atoms with Crippen molar-refractivity contribution < 1.29 is 4.79 Å². The van der Waals surface area contributed by atoms with Crippen LogP contribution in [-0.2, 0) is 0 Å². The fourth-order valence-corrected chi connectivity index (χ4v) is 2.77. The van der Waals surface area contributed by atoms with Crippen molar-refractivity contribution in [1.82, 2.24) is 0 Å². The molecule has 0 aliphatic heterocycles. The summed E-state index contributed by atoms with van der Waals surface area (Å²) >= 11 is 0. The summed E-state index contributed by atoms with van der Waals surface area (Å²) < 4.78 is 0. The SMILES string of the molecule is Cc1c(-c2ccccc2)ccc(C(N)=O)c1C1CC1.Cl. The highest BCUT2D eigenvalue weighted by atomic mass is 35.5. The number of primary amides is 1. The van der Waals surface area contributed by atoms with Crippen molar-refractivity contribution >= 4 is 18.3 Å². The van der Waals surface area contributed by atoms with Gasteiger partial charge in [0.15, 0.2) is 0 Å². The van der Waals surface area contributed by atoms with Gasteiger partial charge in [0.1, 0.15) is 0 Å². The molecule has 104 valence electrons. The van der Waals surface area contributed by atoms with Gasteiger partial charge in [0.2, 0.25) is 5.91 Å². The Balaban J connectivity index is 0.00000147. The topological polar surface area (TPSA) is 43.1 Å². The molecule has 0 atom stereocenters. The lowest BCUT2D eigenvalue weighted by molar-refractivity contribution is 0.0999. The fourth-order valence-electron chi connectivity index (χ4n) is 2.77. The second-order valence-electron chi connectivity index (χ2n) is 5.20. The van der Waals surface area contributed by atoms with E-state index in [1.807, 2.05) is 30.3 Å². The Bertz CT molecular complexity index is 633. The summed E-state index contributed by atoms with van der Waals surface area (Å²) in [5, 5.41) is 0. The minimum absolute atomic E-state index is 0. The maximum Gasteiger partial charge on any atom is 0.248 e. The summed E-state index contributed by atoms with van der Waals surface area (Å²) in [6.07, 6.45) is 2.33. The van der Waals surface area contributed by atoms with E-state index in [0.717, 1.165) is 5.56 Å². The predicted molar refractivity (Wildman–Crippen MR) is 84.4 cm³/mol. The van der Waals surface area contributed by atoms with E-state index in [4.69, 9.17) is 5.73 Å². The van der Waals surface area contributed by atoms with Crippen molar-refractivity contribution in [2.24, 2.45) is 5.73 Å². The molecule has 2 aromatic rings. The van der Waals surface area contributed by atoms with Crippen LogP contribution in [0.25, 0.3) is 11.1 Å². The summed E-state index contributed by atoms with van der Waals surface area (Å²) in [5.74, 6) is 0.204. The molecule has 3 rings (SSSR count). The predicted octanol–water partition coefficient (Wildman–Crippen LogP) is 4.06. The molecule has 2 nitrogen and oxygen atoms in total. The van der Waals surface area contributed by atoms with Crippen molar-refractivity contribution in [3.8, 4) is 11.1 Å². The maximum atomic E-state index is 11.6. The van der Waals surface area contributed by atoms with Crippen LogP contribution in [-0.4, -0.2) is 5.91 Å². The lowest BCUT2D eigenvalue weighted by atomic mass is 9.90. The smallest absolute Gasteiger partial charge is 0.248 e. The van der Waals surface area contributed by atoms with Crippen molar-refractivity contribution in [2.45, 2.75) is 25.7 Å². The first-order chi connectivity index (χ1) is 9.18. The van der Waals surface area contributed by atoms with Gasteiger partial charge in [0.05, 0.1) is 0 Å². The monoisotopic (exact) mass is 287 g/mol. The second-order valence-corrected chi connectivity index (χ2v) is 5.20. The van der Waals surface area contributed by atoms with Crippen LogP contribution in [0, 0.1) is 6.92 Å². The molecule has 0 radical (unpaired) electrons. The second kappa shape index (κ2) is 5.68. The number of carbonyl (C=O) groups is 1. The van der Waals surface area contributed by atoms with Gasteiger partial charge >= 0.3 is 0 Å². The van der Waals surface area contributed by atoms with Gasteiger partial charge in [-0.25, -0.2) is 0 Å². The van der Waals surface area contributed by atoms with Crippen molar-refractivity contribution in [3.63, 3.8) is 0 Å². The molecule has 1 fully saturated rings. The lowest BCUT2D eigenvalue weighted by Gasteiger charge is -2.14. The number of benzene rings is 2. The highest BCUT2D eigenvalue weighted by molar-refractivity contribution is 5.96. The first-order valence-corrected chi connectivity index (χ1v) is 6.67. The van der Waals surface area contributed by atoms with Crippen LogP contribution in [0.1, 0.15) is 40.2 Å². The van der Waals surface area contributed by atoms with Crippen LogP contribution < -0.4 is 5.73 Å². The van der Waals surface area contributed by atoms with Crippen LogP contribution >= 0.6 is 12.4 Å². The molecular weight excluding hydrogens is 270 g/mol. The zero-order valence-electron chi connectivity index (χ0n) is 11.4. The largest absolute Gasteiger partial charge is 0.366 e. The lowest BCUT2D eigenvalue weighted by Crippen LogP contribution is -2.14. The normalized spacial score (nSPS) is 13.7. The van der Waals surface area contributed by atoms with Crippen molar-refractivity contribution in [2.75, 3.05) is 0 Å². The molecule has 0 saturated heterocycles. The summed E-state index contributed by atoms with van der Waals surface area (Å²) in [6, 6.07) is 14.2. The van der Waals surface area contributed by atoms with E-state index in [1.165, 1.54) is 29.5 Å².